The van der Waals surface area contributed by atoms with E-state index in [2.05, 4.69) is 15.9 Å². The van der Waals surface area contributed by atoms with E-state index in [-0.39, 0.29) is 0 Å². The SMILES string of the molecule is COc1cc(C)c(C(O)c2ccc(C)cc2Br)cc1OC. The Morgan fingerprint density at radius 1 is 0.952 bits per heavy atom. The molecular weight excluding hydrogens is 332 g/mol. The van der Waals surface area contributed by atoms with Crippen LogP contribution in [0.25, 0.3) is 0 Å². The minimum Gasteiger partial charge on any atom is -0.493 e. The van der Waals surface area contributed by atoms with Crippen LogP contribution < -0.4 is 9.47 Å². The molecule has 1 unspecified atom stereocenters. The zero-order valence-electron chi connectivity index (χ0n) is 12.6. The number of benzene rings is 2. The molecule has 0 aliphatic rings. The number of methoxy groups -OCH3 is 2. The van der Waals surface area contributed by atoms with Crippen LogP contribution in [-0.4, -0.2) is 19.3 Å². The van der Waals surface area contributed by atoms with Crippen molar-refractivity contribution in [3.63, 3.8) is 0 Å². The lowest BCUT2D eigenvalue weighted by molar-refractivity contribution is 0.218. The first-order valence-corrected chi connectivity index (χ1v) is 7.44. The summed E-state index contributed by atoms with van der Waals surface area (Å²) in [7, 11) is 3.19. The molecule has 0 heterocycles. The summed E-state index contributed by atoms with van der Waals surface area (Å²) in [4.78, 5) is 0. The molecule has 0 saturated heterocycles. The Morgan fingerprint density at radius 2 is 1.57 bits per heavy atom. The number of aliphatic hydroxyl groups excluding tert-OH is 1. The van der Waals surface area contributed by atoms with E-state index in [9.17, 15) is 5.11 Å². The second-order valence-electron chi connectivity index (χ2n) is 4.99. The van der Waals surface area contributed by atoms with Gasteiger partial charge in [-0.3, -0.25) is 0 Å². The van der Waals surface area contributed by atoms with E-state index in [1.54, 1.807) is 14.2 Å². The normalized spacial score (nSPS) is 12.1. The highest BCUT2D eigenvalue weighted by molar-refractivity contribution is 9.10. The number of ether oxygens (including phenoxy) is 2. The Labute approximate surface area is 133 Å². The third-order valence-corrected chi connectivity index (χ3v) is 4.20. The average Bonchev–Trinajstić information content (AvgIpc) is 2.46. The molecule has 1 atom stereocenters. The molecule has 2 aromatic rings. The fraction of sp³-hybridized carbons (Fsp3) is 0.294. The first-order valence-electron chi connectivity index (χ1n) is 6.64. The van der Waals surface area contributed by atoms with Crippen molar-refractivity contribution in [3.05, 3.63) is 57.1 Å². The minimum absolute atomic E-state index is 0.611. The maximum atomic E-state index is 10.7. The summed E-state index contributed by atoms with van der Waals surface area (Å²) in [5.74, 6) is 1.27. The summed E-state index contributed by atoms with van der Waals surface area (Å²) in [6.07, 6.45) is -0.722. The van der Waals surface area contributed by atoms with E-state index in [0.717, 1.165) is 26.7 Å². The summed E-state index contributed by atoms with van der Waals surface area (Å²) in [6.45, 7) is 3.96. The predicted molar refractivity (Wildman–Crippen MR) is 87.2 cm³/mol. The van der Waals surface area contributed by atoms with Crippen LogP contribution in [0.3, 0.4) is 0 Å². The molecule has 0 aromatic heterocycles. The largest absolute Gasteiger partial charge is 0.493 e. The number of hydrogen-bond donors (Lipinski definition) is 1. The van der Waals surface area contributed by atoms with Gasteiger partial charge in [-0.25, -0.2) is 0 Å². The van der Waals surface area contributed by atoms with Gasteiger partial charge in [0.25, 0.3) is 0 Å². The first kappa shape index (κ1) is 15.9. The molecule has 0 radical (unpaired) electrons. The summed E-state index contributed by atoms with van der Waals surface area (Å²) >= 11 is 3.52. The lowest BCUT2D eigenvalue weighted by Crippen LogP contribution is -2.04. The molecule has 0 amide bonds. The van der Waals surface area contributed by atoms with Crippen molar-refractivity contribution in [1.82, 2.24) is 0 Å². The number of rotatable bonds is 4. The smallest absolute Gasteiger partial charge is 0.161 e. The molecule has 3 nitrogen and oxygen atoms in total. The Morgan fingerprint density at radius 3 is 2.14 bits per heavy atom. The average molecular weight is 351 g/mol. The van der Waals surface area contributed by atoms with Crippen LogP contribution >= 0.6 is 15.9 Å². The van der Waals surface area contributed by atoms with Gasteiger partial charge in [0.1, 0.15) is 6.10 Å². The van der Waals surface area contributed by atoms with Gasteiger partial charge in [-0.1, -0.05) is 28.1 Å². The molecule has 0 bridgehead atoms. The number of hydrogen-bond acceptors (Lipinski definition) is 3. The van der Waals surface area contributed by atoms with E-state index >= 15 is 0 Å². The number of halogens is 1. The third-order valence-electron chi connectivity index (χ3n) is 3.52. The van der Waals surface area contributed by atoms with Gasteiger partial charge in [-0.2, -0.15) is 0 Å². The number of aryl methyl sites for hydroxylation is 2. The van der Waals surface area contributed by atoms with Gasteiger partial charge in [0.05, 0.1) is 14.2 Å². The van der Waals surface area contributed by atoms with Crippen LogP contribution in [-0.2, 0) is 0 Å². The highest BCUT2D eigenvalue weighted by Crippen LogP contribution is 2.37. The molecule has 0 aliphatic heterocycles. The molecule has 21 heavy (non-hydrogen) atoms. The zero-order valence-corrected chi connectivity index (χ0v) is 14.2. The second-order valence-corrected chi connectivity index (χ2v) is 5.85. The number of aliphatic hydroxyl groups is 1. The quantitative estimate of drug-likeness (QED) is 0.899. The summed E-state index contributed by atoms with van der Waals surface area (Å²) in [5.41, 5.74) is 3.72. The van der Waals surface area contributed by atoms with Crippen molar-refractivity contribution in [2.24, 2.45) is 0 Å². The lowest BCUT2D eigenvalue weighted by atomic mass is 9.96. The topological polar surface area (TPSA) is 38.7 Å². The van der Waals surface area contributed by atoms with E-state index in [1.807, 2.05) is 44.2 Å². The minimum atomic E-state index is -0.722. The summed E-state index contributed by atoms with van der Waals surface area (Å²) < 4.78 is 11.5. The van der Waals surface area contributed by atoms with E-state index in [1.165, 1.54) is 0 Å². The monoisotopic (exact) mass is 350 g/mol. The summed E-state index contributed by atoms with van der Waals surface area (Å²) in [5, 5.41) is 10.7. The molecule has 0 aliphatic carbocycles. The van der Waals surface area contributed by atoms with Gasteiger partial charge in [-0.05, 0) is 54.3 Å². The molecule has 0 spiro atoms. The molecule has 2 rings (SSSR count). The molecule has 0 saturated carbocycles. The van der Waals surface area contributed by atoms with Gasteiger partial charge in [0, 0.05) is 4.47 Å². The van der Waals surface area contributed by atoms with Crippen LogP contribution in [0.1, 0.15) is 28.4 Å². The lowest BCUT2D eigenvalue weighted by Gasteiger charge is -2.18. The Balaban J connectivity index is 2.50. The van der Waals surface area contributed by atoms with E-state index < -0.39 is 6.10 Å². The Kier molecular flexibility index (Phi) is 4.91. The Hall–Kier alpha value is -1.52. The van der Waals surface area contributed by atoms with Crippen LogP contribution in [0.5, 0.6) is 11.5 Å². The van der Waals surface area contributed by atoms with Gasteiger partial charge >= 0.3 is 0 Å². The molecule has 112 valence electrons. The van der Waals surface area contributed by atoms with Crippen molar-refractivity contribution < 1.29 is 14.6 Å². The van der Waals surface area contributed by atoms with Gasteiger partial charge in [-0.15, -0.1) is 0 Å². The second kappa shape index (κ2) is 6.50. The van der Waals surface area contributed by atoms with Crippen molar-refractivity contribution in [2.45, 2.75) is 20.0 Å². The van der Waals surface area contributed by atoms with Gasteiger partial charge < -0.3 is 14.6 Å². The maximum Gasteiger partial charge on any atom is 0.161 e. The highest BCUT2D eigenvalue weighted by Gasteiger charge is 2.18. The zero-order chi connectivity index (χ0) is 15.6. The van der Waals surface area contributed by atoms with Crippen LogP contribution in [0.2, 0.25) is 0 Å². The predicted octanol–water partition coefficient (Wildman–Crippen LogP) is 4.16. The van der Waals surface area contributed by atoms with E-state index in [0.29, 0.717) is 11.5 Å². The van der Waals surface area contributed by atoms with Gasteiger partial charge in [0.2, 0.25) is 0 Å². The van der Waals surface area contributed by atoms with Gasteiger partial charge in [0.15, 0.2) is 11.5 Å². The molecule has 4 heteroatoms. The fourth-order valence-corrected chi connectivity index (χ4v) is 3.02. The molecule has 0 fully saturated rings. The van der Waals surface area contributed by atoms with E-state index in [4.69, 9.17) is 9.47 Å². The molecular formula is C17H19BrO3. The van der Waals surface area contributed by atoms with Crippen LogP contribution in [0.4, 0.5) is 0 Å². The van der Waals surface area contributed by atoms with Crippen molar-refractivity contribution in [2.75, 3.05) is 14.2 Å². The molecule has 1 N–H and O–H groups in total. The van der Waals surface area contributed by atoms with Crippen molar-refractivity contribution in [3.8, 4) is 11.5 Å². The first-order chi connectivity index (χ1) is 9.97. The Bertz CT molecular complexity index is 653. The summed E-state index contributed by atoms with van der Waals surface area (Å²) in [6, 6.07) is 9.61. The molecule has 2 aromatic carbocycles. The highest BCUT2D eigenvalue weighted by atomic mass is 79.9. The third kappa shape index (κ3) is 3.22. The maximum absolute atomic E-state index is 10.7. The van der Waals surface area contributed by atoms with Crippen LogP contribution in [0.15, 0.2) is 34.8 Å². The fourth-order valence-electron chi connectivity index (χ4n) is 2.31. The standard InChI is InChI=1S/C17H19BrO3/c1-10-5-6-12(14(18)7-10)17(19)13-9-16(21-4)15(20-3)8-11(13)2/h5-9,17,19H,1-4H3. The van der Waals surface area contributed by atoms with Crippen molar-refractivity contribution in [1.29, 1.82) is 0 Å². The van der Waals surface area contributed by atoms with Crippen LogP contribution in [0, 0.1) is 13.8 Å². The van der Waals surface area contributed by atoms with Crippen molar-refractivity contribution >= 4 is 15.9 Å².